The Morgan fingerprint density at radius 2 is 0.750 bits per heavy atom. The maximum atomic E-state index is 4.90. The van der Waals surface area contributed by atoms with Gasteiger partial charge in [0.25, 0.3) is 0 Å². The van der Waals surface area contributed by atoms with Gasteiger partial charge in [-0.2, -0.15) is 22.2 Å². The molecule has 0 bridgehead atoms. The van der Waals surface area contributed by atoms with Crippen molar-refractivity contribution in [1.82, 2.24) is 0 Å². The molecule has 0 saturated heterocycles. The van der Waals surface area contributed by atoms with Gasteiger partial charge in [-0.05, 0) is 0 Å². The Morgan fingerprint density at radius 3 is 0.750 bits per heavy atom. The first-order chi connectivity index (χ1) is 1.41. The van der Waals surface area contributed by atoms with Crippen LogP contribution in [-0.4, -0.2) is 25.7 Å². The molecule has 0 nitrogen and oxygen atoms in total. The standard InChI is InChI=1S/Cl2H2Si.4ClH.Ge/c1-3-2;;;;;/h3H2;4*1H;/q;;;;;+4/p-4. The van der Waals surface area contributed by atoms with Crippen LogP contribution in [-0.2, 0) is 0 Å². The molecular formula is H2Cl6GeSi. The fraction of sp³-hybridized carbons (Fsp3) is 0. The van der Waals surface area contributed by atoms with Crippen molar-refractivity contribution in [3.05, 3.63) is 0 Å². The molecule has 0 aromatic heterocycles. The van der Waals surface area contributed by atoms with Crippen molar-refractivity contribution in [2.75, 3.05) is 0 Å². The molecule has 0 N–H and O–H groups in total. The van der Waals surface area contributed by atoms with Crippen molar-refractivity contribution in [3.63, 3.8) is 0 Å². The third-order valence-corrected chi connectivity index (χ3v) is 0. The Bertz CT molecular complexity index is 8.49. The smallest absolute Gasteiger partial charge is 1.00 e. The van der Waals surface area contributed by atoms with E-state index in [2.05, 4.69) is 0 Å². The van der Waals surface area contributed by atoms with E-state index in [9.17, 15) is 0 Å². The van der Waals surface area contributed by atoms with Crippen LogP contribution in [0.5, 0.6) is 0 Å². The fourth-order valence-electron chi connectivity index (χ4n) is 0. The first kappa shape index (κ1) is 46.8. The van der Waals surface area contributed by atoms with E-state index in [0.29, 0.717) is 0 Å². The molecule has 0 aromatic carbocycles. The number of halogens is 6. The topological polar surface area (TPSA) is 0 Å². The molecule has 0 spiro atoms. The Hall–Kier alpha value is 2.50. The molecule has 0 radical (unpaired) electrons. The Kier molecular flexibility index (Phi) is 328. The van der Waals surface area contributed by atoms with E-state index in [1.165, 1.54) is 0 Å². The first-order valence-corrected chi connectivity index (χ1v) is 4.81. The molecule has 0 aromatic rings. The van der Waals surface area contributed by atoms with Gasteiger partial charge in [-0.25, -0.2) is 0 Å². The van der Waals surface area contributed by atoms with Gasteiger partial charge in [0.2, 0.25) is 8.14 Å². The number of hydrogen-bond donors (Lipinski definition) is 0. The molecule has 0 amide bonds. The van der Waals surface area contributed by atoms with Crippen LogP contribution in [0.2, 0.25) is 0 Å². The van der Waals surface area contributed by atoms with Gasteiger partial charge in [-0.15, -0.1) is 0 Å². The van der Waals surface area contributed by atoms with Gasteiger partial charge in [0.15, 0.2) is 0 Å². The van der Waals surface area contributed by atoms with Gasteiger partial charge >= 0.3 is 17.6 Å². The average molecular weight is 315 g/mol. The van der Waals surface area contributed by atoms with Gasteiger partial charge in [0.05, 0.1) is 0 Å². The Balaban J connectivity index is -0.00000000200. The Morgan fingerprint density at radius 1 is 0.750 bits per heavy atom. The molecule has 8 heteroatoms. The summed E-state index contributed by atoms with van der Waals surface area (Å²) in [5.74, 6) is 0. The molecule has 0 aliphatic carbocycles. The average Bonchev–Trinajstić information content (AvgIpc) is 0.918. The summed E-state index contributed by atoms with van der Waals surface area (Å²) in [4.78, 5) is 0. The summed E-state index contributed by atoms with van der Waals surface area (Å²) in [5.41, 5.74) is 0. The van der Waals surface area contributed by atoms with E-state index in [0.717, 1.165) is 0 Å². The van der Waals surface area contributed by atoms with Crippen molar-refractivity contribution in [3.8, 4) is 0 Å². The monoisotopic (exact) mass is 314 g/mol. The van der Waals surface area contributed by atoms with Gasteiger partial charge in [-0.1, -0.05) is 0 Å². The summed E-state index contributed by atoms with van der Waals surface area (Å²) in [6.45, 7) is 0. The fourth-order valence-corrected chi connectivity index (χ4v) is 0. The third kappa shape index (κ3) is 76.5. The molecule has 0 rings (SSSR count). The predicted molar refractivity (Wildman–Crippen MR) is 26.0 cm³/mol. The van der Waals surface area contributed by atoms with Gasteiger partial charge in [-0.3, -0.25) is 0 Å². The van der Waals surface area contributed by atoms with Crippen molar-refractivity contribution >= 4 is 47.9 Å². The van der Waals surface area contributed by atoms with E-state index in [4.69, 9.17) is 22.2 Å². The maximum Gasteiger partial charge on any atom is 4.00 e. The third-order valence-electron chi connectivity index (χ3n) is 0. The van der Waals surface area contributed by atoms with Crippen molar-refractivity contribution in [2.24, 2.45) is 0 Å². The summed E-state index contributed by atoms with van der Waals surface area (Å²) in [6.07, 6.45) is 0. The van der Waals surface area contributed by atoms with E-state index in [1.54, 1.807) is 0 Å². The second kappa shape index (κ2) is 56.0. The van der Waals surface area contributed by atoms with Crippen molar-refractivity contribution < 1.29 is 49.6 Å². The SMILES string of the molecule is Cl[SiH2]Cl.[Cl-].[Cl-].[Cl-].[Cl-].[Ge+4]. The van der Waals surface area contributed by atoms with Gasteiger partial charge in [0, 0.05) is 0 Å². The number of rotatable bonds is 0. The van der Waals surface area contributed by atoms with Crippen LogP contribution in [0, 0.1) is 0 Å². The summed E-state index contributed by atoms with van der Waals surface area (Å²) in [7, 11) is -0.639. The molecule has 0 unspecified atom stereocenters. The summed E-state index contributed by atoms with van der Waals surface area (Å²) in [6, 6.07) is 0. The van der Waals surface area contributed by atoms with Crippen LogP contribution >= 0.6 is 22.2 Å². The van der Waals surface area contributed by atoms with Crippen LogP contribution in [0.25, 0.3) is 0 Å². The van der Waals surface area contributed by atoms with Crippen LogP contribution in [0.4, 0.5) is 0 Å². The quantitative estimate of drug-likeness (QED) is 0.308. The first-order valence-electron chi connectivity index (χ1n) is 0.535. The largest absolute Gasteiger partial charge is 4.00 e. The molecule has 0 saturated carbocycles. The summed E-state index contributed by atoms with van der Waals surface area (Å²) in [5, 5.41) is 0. The van der Waals surface area contributed by atoms with Gasteiger partial charge in [0.1, 0.15) is 0 Å². The molecule has 8 heavy (non-hydrogen) atoms. The Labute approximate surface area is 96.7 Å². The minimum absolute atomic E-state index is 0. The normalized spacial score (nSPS) is 2.25. The molecule has 0 aliphatic heterocycles. The molecular weight excluding hydrogens is 313 g/mol. The maximum absolute atomic E-state index is 4.90. The second-order valence-corrected chi connectivity index (χ2v) is 2.73. The molecule has 0 atom stereocenters. The van der Waals surface area contributed by atoms with E-state index >= 15 is 0 Å². The zero-order valence-electron chi connectivity index (χ0n) is 3.47. The van der Waals surface area contributed by atoms with Crippen molar-refractivity contribution in [1.29, 1.82) is 0 Å². The minimum Gasteiger partial charge on any atom is -1.00 e. The van der Waals surface area contributed by atoms with Gasteiger partial charge < -0.3 is 49.6 Å². The van der Waals surface area contributed by atoms with Crippen molar-refractivity contribution in [2.45, 2.75) is 0 Å². The molecule has 0 aliphatic rings. The van der Waals surface area contributed by atoms with Crippen LogP contribution in [0.3, 0.4) is 0 Å². The zero-order chi connectivity index (χ0) is 2.71. The van der Waals surface area contributed by atoms with E-state index in [1.807, 2.05) is 0 Å². The van der Waals surface area contributed by atoms with E-state index < -0.39 is 8.14 Å². The molecule has 0 fully saturated rings. The van der Waals surface area contributed by atoms with Crippen LogP contribution in [0.1, 0.15) is 0 Å². The number of hydrogen-bond acceptors (Lipinski definition) is 0. The summed E-state index contributed by atoms with van der Waals surface area (Å²) < 4.78 is 0. The molecule has 0 heterocycles. The second-order valence-electron chi connectivity index (χ2n) is 0.101. The summed E-state index contributed by atoms with van der Waals surface area (Å²) >= 11 is 9.81. The van der Waals surface area contributed by atoms with Crippen LogP contribution < -0.4 is 49.6 Å². The van der Waals surface area contributed by atoms with Crippen LogP contribution in [0.15, 0.2) is 0 Å². The van der Waals surface area contributed by atoms with E-state index in [-0.39, 0.29) is 67.2 Å². The minimum atomic E-state index is -0.639. The predicted octanol–water partition coefficient (Wildman–Crippen LogP) is -11.9. The zero-order valence-corrected chi connectivity index (χ0v) is 11.5. The molecule has 52 valence electrons.